The van der Waals surface area contributed by atoms with Gasteiger partial charge in [0.25, 0.3) is 0 Å². The third-order valence-corrected chi connectivity index (χ3v) is 3.36. The predicted octanol–water partition coefficient (Wildman–Crippen LogP) is 1.42. The third kappa shape index (κ3) is 2.83. The Labute approximate surface area is 111 Å². The molecule has 0 radical (unpaired) electrons. The lowest BCUT2D eigenvalue weighted by Crippen LogP contribution is -2.42. The van der Waals surface area contributed by atoms with Gasteiger partial charge in [-0.3, -0.25) is 4.90 Å². The van der Waals surface area contributed by atoms with E-state index in [1.807, 2.05) is 12.3 Å². The van der Waals surface area contributed by atoms with E-state index in [-0.39, 0.29) is 5.82 Å². The number of aromatic nitrogens is 2. The lowest BCUT2D eigenvalue weighted by Gasteiger charge is -2.26. The minimum Gasteiger partial charge on any atom is -0.314 e. The number of piperazine rings is 1. The SMILES string of the molecule is Fc1ccccc1-n1cnc(CN2CCNCC2)c1. The summed E-state index contributed by atoms with van der Waals surface area (Å²) in [5.41, 5.74) is 1.52. The Hall–Kier alpha value is -1.72. The summed E-state index contributed by atoms with van der Waals surface area (Å²) in [6.45, 7) is 4.93. The van der Waals surface area contributed by atoms with E-state index in [9.17, 15) is 4.39 Å². The molecule has 1 saturated heterocycles. The molecule has 4 nitrogen and oxygen atoms in total. The Kier molecular flexibility index (Phi) is 3.57. The van der Waals surface area contributed by atoms with E-state index in [0.29, 0.717) is 5.69 Å². The van der Waals surface area contributed by atoms with Crippen molar-refractivity contribution >= 4 is 0 Å². The summed E-state index contributed by atoms with van der Waals surface area (Å²) in [6, 6.07) is 6.74. The average molecular weight is 260 g/mol. The maximum atomic E-state index is 13.7. The van der Waals surface area contributed by atoms with Crippen molar-refractivity contribution in [2.45, 2.75) is 6.54 Å². The minimum atomic E-state index is -0.228. The summed E-state index contributed by atoms with van der Waals surface area (Å²) in [6.07, 6.45) is 3.58. The van der Waals surface area contributed by atoms with Gasteiger partial charge in [0.2, 0.25) is 0 Å². The average Bonchev–Trinajstić information content (AvgIpc) is 2.89. The Bertz CT molecular complexity index is 546. The molecule has 0 unspecified atom stereocenters. The van der Waals surface area contributed by atoms with Gasteiger partial charge in [0.05, 0.1) is 17.7 Å². The van der Waals surface area contributed by atoms with Gasteiger partial charge >= 0.3 is 0 Å². The number of para-hydroxylation sites is 1. The van der Waals surface area contributed by atoms with Crippen LogP contribution in [0.15, 0.2) is 36.8 Å². The van der Waals surface area contributed by atoms with Crippen LogP contribution in [-0.2, 0) is 6.54 Å². The van der Waals surface area contributed by atoms with Crippen LogP contribution in [0.2, 0.25) is 0 Å². The smallest absolute Gasteiger partial charge is 0.147 e. The molecule has 1 N–H and O–H groups in total. The summed E-state index contributed by atoms with van der Waals surface area (Å²) < 4.78 is 15.4. The van der Waals surface area contributed by atoms with Gasteiger partial charge in [-0.2, -0.15) is 0 Å². The van der Waals surface area contributed by atoms with E-state index in [2.05, 4.69) is 15.2 Å². The zero-order valence-corrected chi connectivity index (χ0v) is 10.7. The van der Waals surface area contributed by atoms with Crippen molar-refractivity contribution in [2.24, 2.45) is 0 Å². The van der Waals surface area contributed by atoms with E-state index in [1.54, 1.807) is 23.0 Å². The fourth-order valence-electron chi connectivity index (χ4n) is 2.34. The highest BCUT2D eigenvalue weighted by atomic mass is 19.1. The molecule has 0 amide bonds. The molecule has 100 valence electrons. The maximum Gasteiger partial charge on any atom is 0.147 e. The number of benzene rings is 1. The quantitative estimate of drug-likeness (QED) is 0.906. The Morgan fingerprint density at radius 1 is 1.21 bits per heavy atom. The zero-order valence-electron chi connectivity index (χ0n) is 10.7. The predicted molar refractivity (Wildman–Crippen MR) is 71.7 cm³/mol. The van der Waals surface area contributed by atoms with Gasteiger partial charge in [0, 0.05) is 38.9 Å². The molecule has 1 aromatic heterocycles. The van der Waals surface area contributed by atoms with E-state index in [0.717, 1.165) is 38.4 Å². The van der Waals surface area contributed by atoms with E-state index in [4.69, 9.17) is 0 Å². The summed E-state index contributed by atoms with van der Waals surface area (Å²) in [4.78, 5) is 6.71. The second kappa shape index (κ2) is 5.50. The fraction of sp³-hybridized carbons (Fsp3) is 0.357. The lowest BCUT2D eigenvalue weighted by atomic mass is 10.3. The summed E-state index contributed by atoms with van der Waals surface area (Å²) in [5.74, 6) is -0.228. The van der Waals surface area contributed by atoms with Gasteiger partial charge in [-0.15, -0.1) is 0 Å². The van der Waals surface area contributed by atoms with Crippen LogP contribution in [0.3, 0.4) is 0 Å². The normalized spacial score (nSPS) is 16.7. The van der Waals surface area contributed by atoms with Crippen molar-refractivity contribution in [1.82, 2.24) is 19.8 Å². The molecule has 0 saturated carbocycles. The molecule has 0 bridgehead atoms. The number of hydrogen-bond donors (Lipinski definition) is 1. The molecule has 5 heteroatoms. The molecular weight excluding hydrogens is 243 g/mol. The molecule has 2 aromatic rings. The standard InChI is InChI=1S/C14H17FN4/c15-13-3-1-2-4-14(13)19-10-12(17-11-19)9-18-7-5-16-6-8-18/h1-4,10-11,16H,5-9H2. The van der Waals surface area contributed by atoms with E-state index < -0.39 is 0 Å². The van der Waals surface area contributed by atoms with Crippen molar-refractivity contribution < 1.29 is 4.39 Å². The number of halogens is 1. The van der Waals surface area contributed by atoms with Crippen LogP contribution in [0.5, 0.6) is 0 Å². The molecular formula is C14H17FN4. The van der Waals surface area contributed by atoms with Crippen LogP contribution >= 0.6 is 0 Å². The van der Waals surface area contributed by atoms with Crippen LogP contribution in [0.1, 0.15) is 5.69 Å². The summed E-state index contributed by atoms with van der Waals surface area (Å²) in [5, 5.41) is 3.32. The van der Waals surface area contributed by atoms with Crippen molar-refractivity contribution in [3.63, 3.8) is 0 Å². The molecule has 1 fully saturated rings. The Balaban J connectivity index is 1.74. The molecule has 1 aliphatic heterocycles. The van der Waals surface area contributed by atoms with Gasteiger partial charge in [-0.05, 0) is 12.1 Å². The fourth-order valence-corrected chi connectivity index (χ4v) is 2.34. The highest BCUT2D eigenvalue weighted by molar-refractivity contribution is 5.33. The minimum absolute atomic E-state index is 0.228. The molecule has 19 heavy (non-hydrogen) atoms. The number of nitrogens with zero attached hydrogens (tertiary/aromatic N) is 3. The van der Waals surface area contributed by atoms with Crippen molar-refractivity contribution in [1.29, 1.82) is 0 Å². The van der Waals surface area contributed by atoms with Gasteiger partial charge in [0.15, 0.2) is 0 Å². The number of imidazole rings is 1. The molecule has 0 spiro atoms. The highest BCUT2D eigenvalue weighted by Gasteiger charge is 2.12. The van der Waals surface area contributed by atoms with Crippen molar-refractivity contribution in [2.75, 3.05) is 26.2 Å². The van der Waals surface area contributed by atoms with Gasteiger partial charge in [-0.1, -0.05) is 12.1 Å². The van der Waals surface area contributed by atoms with E-state index >= 15 is 0 Å². The van der Waals surface area contributed by atoms with Crippen molar-refractivity contribution in [3.8, 4) is 5.69 Å². The first kappa shape index (κ1) is 12.3. The van der Waals surface area contributed by atoms with Gasteiger partial charge in [0.1, 0.15) is 5.82 Å². The highest BCUT2D eigenvalue weighted by Crippen LogP contribution is 2.13. The number of hydrogen-bond acceptors (Lipinski definition) is 3. The third-order valence-electron chi connectivity index (χ3n) is 3.36. The largest absolute Gasteiger partial charge is 0.314 e. The molecule has 1 aromatic carbocycles. The lowest BCUT2D eigenvalue weighted by molar-refractivity contribution is 0.231. The first-order valence-electron chi connectivity index (χ1n) is 6.54. The molecule has 1 aliphatic rings. The van der Waals surface area contributed by atoms with Gasteiger partial charge in [-0.25, -0.2) is 9.37 Å². The topological polar surface area (TPSA) is 33.1 Å². The van der Waals surface area contributed by atoms with Crippen LogP contribution in [0.25, 0.3) is 5.69 Å². The van der Waals surface area contributed by atoms with Crippen LogP contribution in [0, 0.1) is 5.82 Å². The number of rotatable bonds is 3. The van der Waals surface area contributed by atoms with Crippen LogP contribution < -0.4 is 5.32 Å². The summed E-state index contributed by atoms with van der Waals surface area (Å²) >= 11 is 0. The molecule has 0 atom stereocenters. The first-order chi connectivity index (χ1) is 9.33. The second-order valence-corrected chi connectivity index (χ2v) is 4.75. The molecule has 2 heterocycles. The van der Waals surface area contributed by atoms with Crippen LogP contribution in [-0.4, -0.2) is 40.6 Å². The van der Waals surface area contributed by atoms with Crippen molar-refractivity contribution in [3.05, 3.63) is 48.3 Å². The molecule has 0 aliphatic carbocycles. The number of nitrogens with one attached hydrogen (secondary N) is 1. The summed E-state index contributed by atoms with van der Waals surface area (Å²) in [7, 11) is 0. The van der Waals surface area contributed by atoms with Crippen LogP contribution in [0.4, 0.5) is 4.39 Å². The maximum absolute atomic E-state index is 13.7. The Morgan fingerprint density at radius 2 is 2.00 bits per heavy atom. The van der Waals surface area contributed by atoms with E-state index in [1.165, 1.54) is 6.07 Å². The monoisotopic (exact) mass is 260 g/mol. The second-order valence-electron chi connectivity index (χ2n) is 4.75. The van der Waals surface area contributed by atoms with Gasteiger partial charge < -0.3 is 9.88 Å². The molecule has 3 rings (SSSR count). The Morgan fingerprint density at radius 3 is 2.79 bits per heavy atom. The first-order valence-corrected chi connectivity index (χ1v) is 6.54. The zero-order chi connectivity index (χ0) is 13.1.